The lowest BCUT2D eigenvalue weighted by Gasteiger charge is -2.30. The molecule has 7 nitrogen and oxygen atoms in total. The lowest BCUT2D eigenvalue weighted by Crippen LogP contribution is -2.46. The molecule has 4 aromatic carbocycles. The summed E-state index contributed by atoms with van der Waals surface area (Å²) in [6, 6.07) is 31.3. The molecule has 0 N–H and O–H groups in total. The van der Waals surface area contributed by atoms with Crippen LogP contribution in [0.5, 0.6) is 0 Å². The molecule has 2 aliphatic heterocycles. The van der Waals surface area contributed by atoms with Crippen LogP contribution in [0.3, 0.4) is 0 Å². The monoisotopic (exact) mass is 601 g/mol. The molecule has 0 bridgehead atoms. The van der Waals surface area contributed by atoms with Gasteiger partial charge in [-0.2, -0.15) is 0 Å². The van der Waals surface area contributed by atoms with Crippen molar-refractivity contribution in [2.45, 2.75) is 50.3 Å². The van der Waals surface area contributed by atoms with E-state index in [-0.39, 0.29) is 23.8 Å². The Kier molecular flexibility index (Phi) is 7.28. The van der Waals surface area contributed by atoms with Crippen LogP contribution in [0.1, 0.15) is 60.0 Å². The van der Waals surface area contributed by atoms with Crippen LogP contribution in [0.2, 0.25) is 0 Å². The molecule has 3 atom stereocenters. The van der Waals surface area contributed by atoms with Crippen molar-refractivity contribution < 1.29 is 23.5 Å². The molecule has 7 rings (SSSR count). The van der Waals surface area contributed by atoms with Gasteiger partial charge in [-0.25, -0.2) is 19.1 Å². The first-order valence-corrected chi connectivity index (χ1v) is 15.3. The Balaban J connectivity index is 1.14. The van der Waals surface area contributed by atoms with E-state index in [1.54, 1.807) is 17.0 Å². The Morgan fingerprint density at radius 2 is 1.58 bits per heavy atom. The molecule has 226 valence electrons. The maximum Gasteiger partial charge on any atom is 0.418 e. The van der Waals surface area contributed by atoms with E-state index < -0.39 is 24.1 Å². The molecule has 1 aliphatic carbocycles. The third-order valence-corrected chi connectivity index (χ3v) is 9.18. The second-order valence-corrected chi connectivity index (χ2v) is 11.9. The predicted octanol–water partition coefficient (Wildman–Crippen LogP) is 6.87. The first-order chi connectivity index (χ1) is 21.8. The molecular weight excluding hydrogens is 569 g/mol. The first kappa shape index (κ1) is 28.6. The molecular formula is C37H32FN3O4. The number of hydrogen-bond donors (Lipinski definition) is 0. The number of likely N-dealkylation sites (tertiary alicyclic amines) is 1. The molecule has 1 spiro atoms. The Morgan fingerprint density at radius 3 is 2.24 bits per heavy atom. The van der Waals surface area contributed by atoms with Crippen molar-refractivity contribution in [3.05, 3.63) is 137 Å². The highest BCUT2D eigenvalue weighted by molar-refractivity contribution is 6.14. The van der Waals surface area contributed by atoms with Gasteiger partial charge in [0, 0.05) is 29.2 Å². The molecule has 45 heavy (non-hydrogen) atoms. The highest BCUT2D eigenvalue weighted by atomic mass is 19.1. The Morgan fingerprint density at radius 1 is 0.911 bits per heavy atom. The summed E-state index contributed by atoms with van der Waals surface area (Å²) < 4.78 is 19.4. The molecule has 0 aromatic heterocycles. The molecule has 2 heterocycles. The van der Waals surface area contributed by atoms with Gasteiger partial charge in [0.1, 0.15) is 12.4 Å². The quantitative estimate of drug-likeness (QED) is 0.226. The van der Waals surface area contributed by atoms with Gasteiger partial charge in [0.2, 0.25) is 11.5 Å². The molecule has 0 radical (unpaired) electrons. The fourth-order valence-electron chi connectivity index (χ4n) is 6.96. The number of imide groups is 1. The van der Waals surface area contributed by atoms with Crippen LogP contribution < -0.4 is 0 Å². The van der Waals surface area contributed by atoms with Crippen molar-refractivity contribution in [1.82, 2.24) is 9.80 Å². The van der Waals surface area contributed by atoms with Crippen molar-refractivity contribution >= 4 is 29.3 Å². The highest BCUT2D eigenvalue weighted by Gasteiger charge is 2.58. The van der Waals surface area contributed by atoms with Gasteiger partial charge in [0.15, 0.2) is 0 Å². The van der Waals surface area contributed by atoms with E-state index in [2.05, 4.69) is 0 Å². The second-order valence-electron chi connectivity index (χ2n) is 11.9. The highest BCUT2D eigenvalue weighted by Crippen LogP contribution is 2.46. The molecule has 3 aliphatic rings. The van der Waals surface area contributed by atoms with Gasteiger partial charge in [-0.3, -0.25) is 9.59 Å². The second kappa shape index (κ2) is 11.4. The van der Waals surface area contributed by atoms with Gasteiger partial charge in [-0.15, -0.1) is 0 Å². The summed E-state index contributed by atoms with van der Waals surface area (Å²) >= 11 is 0. The van der Waals surface area contributed by atoms with Gasteiger partial charge >= 0.3 is 6.09 Å². The summed E-state index contributed by atoms with van der Waals surface area (Å²) in [5.41, 5.74) is 4.41. The number of aryl methyl sites for hydroxylation is 1. The third-order valence-electron chi connectivity index (χ3n) is 9.18. The van der Waals surface area contributed by atoms with E-state index in [0.29, 0.717) is 18.4 Å². The Bertz CT molecular complexity index is 1770. The predicted molar refractivity (Wildman–Crippen MR) is 168 cm³/mol. The number of rotatable bonds is 6. The molecule has 0 saturated carbocycles. The van der Waals surface area contributed by atoms with Gasteiger partial charge in [-0.05, 0) is 61.6 Å². The van der Waals surface area contributed by atoms with E-state index in [1.165, 1.54) is 12.1 Å². The average Bonchev–Trinajstić information content (AvgIpc) is 3.70. The number of carbonyl (C=O) groups excluding carboxylic acids is 3. The van der Waals surface area contributed by atoms with E-state index >= 15 is 0 Å². The van der Waals surface area contributed by atoms with E-state index in [1.807, 2.05) is 85.8 Å². The summed E-state index contributed by atoms with van der Waals surface area (Å²) in [5.74, 6) is -1.20. The van der Waals surface area contributed by atoms with Crippen LogP contribution in [-0.2, 0) is 26.3 Å². The molecule has 2 fully saturated rings. The van der Waals surface area contributed by atoms with Crippen molar-refractivity contribution in [1.29, 1.82) is 0 Å². The maximum atomic E-state index is 13.9. The van der Waals surface area contributed by atoms with Gasteiger partial charge < -0.3 is 9.64 Å². The smallest absolute Gasteiger partial charge is 0.418 e. The largest absolute Gasteiger partial charge is 0.427 e. The van der Waals surface area contributed by atoms with Crippen molar-refractivity contribution in [2.24, 2.45) is 4.99 Å². The van der Waals surface area contributed by atoms with E-state index in [9.17, 15) is 18.8 Å². The van der Waals surface area contributed by atoms with E-state index in [0.717, 1.165) is 51.4 Å². The molecule has 0 unspecified atom stereocenters. The summed E-state index contributed by atoms with van der Waals surface area (Å²) in [4.78, 5) is 48.3. The van der Waals surface area contributed by atoms with Crippen LogP contribution in [0.25, 0.3) is 0 Å². The average molecular weight is 602 g/mol. The minimum absolute atomic E-state index is 0.0851. The van der Waals surface area contributed by atoms with Crippen LogP contribution in [0.15, 0.2) is 108 Å². The number of amides is 3. The zero-order valence-corrected chi connectivity index (χ0v) is 24.9. The fraction of sp³-hybridized carbons (Fsp3) is 0.243. The summed E-state index contributed by atoms with van der Waals surface area (Å²) in [7, 11) is 0. The molecule has 3 amide bonds. The van der Waals surface area contributed by atoms with Crippen LogP contribution in [0.4, 0.5) is 14.9 Å². The van der Waals surface area contributed by atoms with Crippen molar-refractivity contribution in [3.8, 4) is 0 Å². The zero-order chi connectivity index (χ0) is 31.1. The molecule has 4 aromatic rings. The molecule has 2 saturated heterocycles. The van der Waals surface area contributed by atoms with Gasteiger partial charge in [0.25, 0.3) is 5.91 Å². The number of aliphatic imine (C=N–C) groups is 1. The number of fused-ring (bicyclic) bond motifs is 2. The number of ether oxygens (including phenoxy) is 1. The number of halogens is 1. The third kappa shape index (κ3) is 5.10. The van der Waals surface area contributed by atoms with E-state index in [4.69, 9.17) is 9.73 Å². The lowest BCUT2D eigenvalue weighted by atomic mass is 9.94. The summed E-state index contributed by atoms with van der Waals surface area (Å²) in [6.07, 6.45) is 1.50. The van der Waals surface area contributed by atoms with Crippen LogP contribution in [-0.4, -0.2) is 46.0 Å². The van der Waals surface area contributed by atoms with Crippen LogP contribution in [0, 0.1) is 5.82 Å². The zero-order valence-electron chi connectivity index (χ0n) is 24.9. The minimum Gasteiger partial charge on any atom is -0.427 e. The lowest BCUT2D eigenvalue weighted by molar-refractivity contribution is -0.143. The summed E-state index contributed by atoms with van der Waals surface area (Å²) in [6.45, 7) is 1.54. The normalized spacial score (nSPS) is 22.1. The summed E-state index contributed by atoms with van der Waals surface area (Å²) in [5, 5.41) is 0. The number of hydrogen-bond acceptors (Lipinski definition) is 5. The number of nitrogens with zero attached hydrogens (tertiary/aromatic N) is 3. The SMILES string of the molecule is C[C@H]1CC[C@@H](c2ccc(F)cc2)N1C(=O)CN1C(=O)O[C@@]2(CCc3cc(N=C(c4ccccc4)c4ccccc4)ccc32)C1=O. The standard InChI is InChI=1S/C37H32FN3O4/c1-24-12-19-32(25-13-15-29(38)16-14-25)41(24)33(42)23-40-35(43)37(45-36(40)44)21-20-28-22-30(17-18-31(28)37)39-34(26-8-4-2-5-9-26)27-10-6-3-7-11-27/h2-11,13-18,22,24,32H,12,19-21,23H2,1H3/t24-,32-,37+/m0/s1. The maximum absolute atomic E-state index is 13.9. The number of benzene rings is 4. The van der Waals surface area contributed by atoms with Crippen molar-refractivity contribution in [2.75, 3.05) is 6.54 Å². The fourth-order valence-corrected chi connectivity index (χ4v) is 6.96. The first-order valence-electron chi connectivity index (χ1n) is 15.3. The Hall–Kier alpha value is -5.11. The minimum atomic E-state index is -1.45. The van der Waals surface area contributed by atoms with Gasteiger partial charge in [0.05, 0.1) is 17.4 Å². The van der Waals surface area contributed by atoms with Gasteiger partial charge in [-0.1, -0.05) is 78.9 Å². The van der Waals surface area contributed by atoms with Crippen molar-refractivity contribution in [3.63, 3.8) is 0 Å². The topological polar surface area (TPSA) is 79.3 Å². The van der Waals surface area contributed by atoms with Crippen LogP contribution >= 0.6 is 0 Å². The molecule has 8 heteroatoms. The Labute approximate surface area is 261 Å². The number of carbonyl (C=O) groups is 3.